The zero-order valence-electron chi connectivity index (χ0n) is 9.67. The van der Waals surface area contributed by atoms with E-state index in [0.29, 0.717) is 18.7 Å². The summed E-state index contributed by atoms with van der Waals surface area (Å²) in [4.78, 5) is 24.4. The minimum absolute atomic E-state index is 0.0351. The molecule has 1 saturated heterocycles. The van der Waals surface area contributed by atoms with Gasteiger partial charge in [0, 0.05) is 18.9 Å². The summed E-state index contributed by atoms with van der Waals surface area (Å²) in [5, 5.41) is 18.4. The van der Waals surface area contributed by atoms with Crippen LogP contribution in [-0.2, 0) is 4.79 Å². The van der Waals surface area contributed by atoms with Crippen molar-refractivity contribution in [3.63, 3.8) is 0 Å². The Balaban J connectivity index is 2.42. The topological polar surface area (TPSA) is 77.8 Å². The quantitative estimate of drug-likeness (QED) is 0.796. The largest absolute Gasteiger partial charge is 0.508 e. The third kappa shape index (κ3) is 2.07. The van der Waals surface area contributed by atoms with E-state index >= 15 is 0 Å². The summed E-state index contributed by atoms with van der Waals surface area (Å²) >= 11 is 0. The third-order valence-electron chi connectivity index (χ3n) is 2.99. The van der Waals surface area contributed by atoms with Crippen molar-refractivity contribution in [1.82, 2.24) is 0 Å². The molecule has 0 spiro atoms. The normalized spacial score (nSPS) is 19.0. The molecule has 1 aromatic carbocycles. The van der Waals surface area contributed by atoms with E-state index in [2.05, 4.69) is 6.58 Å². The van der Waals surface area contributed by atoms with Gasteiger partial charge in [0.1, 0.15) is 5.75 Å². The van der Waals surface area contributed by atoms with Gasteiger partial charge < -0.3 is 15.1 Å². The minimum Gasteiger partial charge on any atom is -0.508 e. The van der Waals surface area contributed by atoms with Gasteiger partial charge in [0.2, 0.25) is 5.91 Å². The van der Waals surface area contributed by atoms with Crippen molar-refractivity contribution in [2.24, 2.45) is 5.92 Å². The molecule has 1 atom stereocenters. The first-order valence-corrected chi connectivity index (χ1v) is 5.52. The number of phenolic OH excluding ortho intramolecular Hbond substituents is 1. The zero-order valence-corrected chi connectivity index (χ0v) is 9.67. The second-order valence-electron chi connectivity index (χ2n) is 4.21. The molecule has 18 heavy (non-hydrogen) atoms. The summed E-state index contributed by atoms with van der Waals surface area (Å²) in [6, 6.07) is 3.96. The van der Waals surface area contributed by atoms with E-state index in [1.807, 2.05) is 0 Å². The Kier molecular flexibility index (Phi) is 3.06. The molecule has 1 aromatic rings. The number of aromatic hydroxyl groups is 1. The molecule has 1 aliphatic rings. The van der Waals surface area contributed by atoms with E-state index in [1.165, 1.54) is 17.0 Å². The Morgan fingerprint density at radius 3 is 2.78 bits per heavy atom. The van der Waals surface area contributed by atoms with Crippen molar-refractivity contribution in [2.75, 3.05) is 11.4 Å². The number of carbonyl (C=O) groups is 2. The number of carbonyl (C=O) groups excluding carboxylic acids is 1. The lowest BCUT2D eigenvalue weighted by Crippen LogP contribution is -2.26. The van der Waals surface area contributed by atoms with Crippen LogP contribution < -0.4 is 4.90 Å². The number of rotatable bonds is 3. The average molecular weight is 247 g/mol. The molecule has 0 saturated carbocycles. The van der Waals surface area contributed by atoms with Crippen LogP contribution in [0.1, 0.15) is 16.8 Å². The van der Waals surface area contributed by atoms with Crippen molar-refractivity contribution in [3.8, 4) is 5.75 Å². The highest BCUT2D eigenvalue weighted by Crippen LogP contribution is 2.30. The van der Waals surface area contributed by atoms with Gasteiger partial charge in [-0.2, -0.15) is 0 Å². The van der Waals surface area contributed by atoms with Crippen LogP contribution in [0.5, 0.6) is 5.75 Å². The van der Waals surface area contributed by atoms with Gasteiger partial charge in [-0.15, -0.1) is 6.58 Å². The van der Waals surface area contributed by atoms with Gasteiger partial charge in [0.15, 0.2) is 0 Å². The molecule has 5 heteroatoms. The zero-order chi connectivity index (χ0) is 13.3. The van der Waals surface area contributed by atoms with Crippen LogP contribution in [0, 0.1) is 5.92 Å². The number of hydrogen-bond donors (Lipinski definition) is 2. The molecule has 1 unspecified atom stereocenters. The number of aromatic carboxylic acids is 1. The van der Waals surface area contributed by atoms with Crippen molar-refractivity contribution in [1.29, 1.82) is 0 Å². The Morgan fingerprint density at radius 2 is 2.22 bits per heavy atom. The number of carboxylic acids is 1. The fourth-order valence-corrected chi connectivity index (χ4v) is 2.06. The highest BCUT2D eigenvalue weighted by atomic mass is 16.4. The smallest absolute Gasteiger partial charge is 0.337 e. The lowest BCUT2D eigenvalue weighted by Gasteiger charge is -2.18. The molecule has 0 aromatic heterocycles. The Morgan fingerprint density at radius 1 is 1.50 bits per heavy atom. The second kappa shape index (κ2) is 4.52. The summed E-state index contributed by atoms with van der Waals surface area (Å²) in [6.45, 7) is 4.07. The molecule has 0 radical (unpaired) electrons. The maximum Gasteiger partial charge on any atom is 0.337 e. The molecule has 1 aliphatic heterocycles. The molecule has 2 rings (SSSR count). The van der Waals surface area contributed by atoms with Crippen molar-refractivity contribution in [3.05, 3.63) is 36.4 Å². The van der Waals surface area contributed by atoms with Gasteiger partial charge in [-0.1, -0.05) is 6.08 Å². The summed E-state index contributed by atoms with van der Waals surface area (Å²) in [5.74, 6) is -1.40. The first-order valence-electron chi connectivity index (χ1n) is 5.52. The predicted octanol–water partition coefficient (Wildman–Crippen LogP) is 1.63. The number of benzene rings is 1. The monoisotopic (exact) mass is 247 g/mol. The molecule has 5 nitrogen and oxygen atoms in total. The van der Waals surface area contributed by atoms with Crippen molar-refractivity contribution in [2.45, 2.75) is 6.42 Å². The van der Waals surface area contributed by atoms with Crippen LogP contribution >= 0.6 is 0 Å². The first-order chi connectivity index (χ1) is 8.52. The number of nitrogens with zero attached hydrogens (tertiary/aromatic N) is 1. The van der Waals surface area contributed by atoms with Crippen LogP contribution in [0.2, 0.25) is 0 Å². The Labute approximate surface area is 104 Å². The van der Waals surface area contributed by atoms with Gasteiger partial charge in [-0.05, 0) is 18.2 Å². The van der Waals surface area contributed by atoms with E-state index < -0.39 is 5.97 Å². The molecule has 1 amide bonds. The van der Waals surface area contributed by atoms with Crippen LogP contribution in [0.15, 0.2) is 30.9 Å². The predicted molar refractivity (Wildman–Crippen MR) is 65.7 cm³/mol. The summed E-state index contributed by atoms with van der Waals surface area (Å²) in [6.07, 6.45) is 2.03. The van der Waals surface area contributed by atoms with E-state index in [-0.39, 0.29) is 23.1 Å². The van der Waals surface area contributed by atoms with E-state index in [4.69, 9.17) is 5.11 Å². The van der Waals surface area contributed by atoms with Gasteiger partial charge in [0.05, 0.1) is 11.3 Å². The second-order valence-corrected chi connectivity index (χ2v) is 4.21. The number of amides is 1. The maximum atomic E-state index is 11.8. The Bertz CT molecular complexity index is 524. The number of phenols is 1. The van der Waals surface area contributed by atoms with E-state index in [0.717, 1.165) is 6.07 Å². The number of carboxylic acid groups (broad SMARTS) is 1. The molecule has 0 aliphatic carbocycles. The molecular weight excluding hydrogens is 234 g/mol. The third-order valence-corrected chi connectivity index (χ3v) is 2.99. The van der Waals surface area contributed by atoms with Gasteiger partial charge >= 0.3 is 5.97 Å². The Hall–Kier alpha value is -2.30. The fraction of sp³-hybridized carbons (Fsp3) is 0.231. The average Bonchev–Trinajstić information content (AvgIpc) is 2.70. The molecular formula is C13H13NO4. The molecule has 2 N–H and O–H groups in total. The standard InChI is InChI=1S/C13H13NO4/c1-2-8-5-12(16)14(7-8)11-4-3-9(15)6-10(11)13(17)18/h2-4,6,8,15H,1,5,7H2,(H,17,18). The van der Waals surface area contributed by atoms with E-state index in [9.17, 15) is 14.7 Å². The van der Waals surface area contributed by atoms with Crippen LogP contribution in [0.25, 0.3) is 0 Å². The number of hydrogen-bond acceptors (Lipinski definition) is 3. The molecule has 1 heterocycles. The lowest BCUT2D eigenvalue weighted by atomic mass is 10.1. The van der Waals surface area contributed by atoms with Crippen molar-refractivity contribution < 1.29 is 19.8 Å². The lowest BCUT2D eigenvalue weighted by molar-refractivity contribution is -0.117. The fourth-order valence-electron chi connectivity index (χ4n) is 2.06. The highest BCUT2D eigenvalue weighted by molar-refractivity contribution is 6.03. The highest BCUT2D eigenvalue weighted by Gasteiger charge is 2.31. The van der Waals surface area contributed by atoms with Crippen LogP contribution in [0.3, 0.4) is 0 Å². The SMILES string of the molecule is C=CC1CC(=O)N(c2ccc(O)cc2C(=O)O)C1. The van der Waals surface area contributed by atoms with Crippen LogP contribution in [0.4, 0.5) is 5.69 Å². The van der Waals surface area contributed by atoms with Crippen molar-refractivity contribution >= 4 is 17.6 Å². The number of anilines is 1. The first kappa shape index (κ1) is 12.2. The summed E-state index contributed by atoms with van der Waals surface area (Å²) < 4.78 is 0. The molecule has 0 bridgehead atoms. The van der Waals surface area contributed by atoms with E-state index in [1.54, 1.807) is 6.08 Å². The summed E-state index contributed by atoms with van der Waals surface area (Å²) in [7, 11) is 0. The molecule has 94 valence electrons. The minimum atomic E-state index is -1.17. The van der Waals surface area contributed by atoms with Gasteiger partial charge in [-0.25, -0.2) is 4.79 Å². The van der Waals surface area contributed by atoms with Crippen LogP contribution in [-0.4, -0.2) is 28.6 Å². The van der Waals surface area contributed by atoms with Gasteiger partial charge in [-0.3, -0.25) is 4.79 Å². The summed E-state index contributed by atoms with van der Waals surface area (Å²) in [5.41, 5.74) is 0.239. The van der Waals surface area contributed by atoms with Gasteiger partial charge in [0.25, 0.3) is 0 Å². The molecule has 1 fully saturated rings. The maximum absolute atomic E-state index is 11.8.